The molecule has 18 heavy (non-hydrogen) atoms. The van der Waals surface area contributed by atoms with Gasteiger partial charge >= 0.3 is 12.7 Å². The lowest BCUT2D eigenvalue weighted by atomic mass is 9.78. The number of amides is 1. The van der Waals surface area contributed by atoms with Crippen LogP contribution in [0.2, 0.25) is 0 Å². The zero-order valence-electron chi connectivity index (χ0n) is 10.9. The average Bonchev–Trinajstić information content (AvgIpc) is 2.12. The normalized spacial score (nSPS) is 31.2. The summed E-state index contributed by atoms with van der Waals surface area (Å²) >= 11 is 0. The fraction of sp³-hybridized carbons (Fsp3) is 0.917. The summed E-state index contributed by atoms with van der Waals surface area (Å²) in [5, 5.41) is 0. The van der Waals surface area contributed by atoms with Crippen LogP contribution < -0.4 is 0 Å². The van der Waals surface area contributed by atoms with Crippen molar-refractivity contribution in [2.45, 2.75) is 70.4 Å². The van der Waals surface area contributed by atoms with E-state index < -0.39 is 18.3 Å². The molecule has 2 unspecified atom stereocenters. The summed E-state index contributed by atoms with van der Waals surface area (Å²) in [7, 11) is 0. The number of hydrogen-bond donors (Lipinski definition) is 0. The van der Waals surface area contributed by atoms with Crippen LogP contribution in [0, 0.1) is 0 Å². The van der Waals surface area contributed by atoms with E-state index in [1.807, 2.05) is 20.8 Å². The highest BCUT2D eigenvalue weighted by molar-refractivity contribution is 5.70. The lowest BCUT2D eigenvalue weighted by Gasteiger charge is -2.54. The third-order valence-corrected chi connectivity index (χ3v) is 3.30. The van der Waals surface area contributed by atoms with Gasteiger partial charge in [0.2, 0.25) is 0 Å². The molecule has 1 amide bonds. The first-order valence-electron chi connectivity index (χ1n) is 6.21. The molecule has 3 aliphatic rings. The molecule has 3 rings (SSSR count). The van der Waals surface area contributed by atoms with Gasteiger partial charge in [0.1, 0.15) is 5.60 Å². The van der Waals surface area contributed by atoms with Crippen LogP contribution in [-0.2, 0) is 9.47 Å². The molecule has 2 heterocycles. The number of carbonyl (C=O) groups is 1. The van der Waals surface area contributed by atoms with Gasteiger partial charge in [-0.05, 0) is 40.0 Å². The summed E-state index contributed by atoms with van der Waals surface area (Å²) < 4.78 is 34.0. The molecule has 2 saturated heterocycles. The van der Waals surface area contributed by atoms with Crippen molar-refractivity contribution in [3.05, 3.63) is 0 Å². The van der Waals surface area contributed by atoms with Crippen molar-refractivity contribution in [1.82, 2.24) is 4.90 Å². The monoisotopic (exact) mass is 263 g/mol. The van der Waals surface area contributed by atoms with Gasteiger partial charge in [0.15, 0.2) is 0 Å². The number of ether oxygens (including phenoxy) is 2. The van der Waals surface area contributed by atoms with Gasteiger partial charge < -0.3 is 14.4 Å². The average molecular weight is 263 g/mol. The van der Waals surface area contributed by atoms with Gasteiger partial charge in [-0.15, -0.1) is 0 Å². The first-order valence-corrected chi connectivity index (χ1v) is 6.21. The van der Waals surface area contributed by atoms with Crippen LogP contribution in [0.4, 0.5) is 13.6 Å². The summed E-state index contributed by atoms with van der Waals surface area (Å²) in [5.41, 5.74) is -0.528. The molecule has 0 spiro atoms. The fourth-order valence-corrected chi connectivity index (χ4v) is 2.69. The Hall–Kier alpha value is -0.910. The van der Waals surface area contributed by atoms with E-state index >= 15 is 0 Å². The van der Waals surface area contributed by atoms with Crippen molar-refractivity contribution < 1.29 is 23.0 Å². The number of nitrogens with zero attached hydrogens (tertiary/aromatic N) is 1. The minimum atomic E-state index is -2.73. The Morgan fingerprint density at radius 3 is 2.22 bits per heavy atom. The van der Waals surface area contributed by atoms with Crippen molar-refractivity contribution in [3.63, 3.8) is 0 Å². The number of rotatable bonds is 2. The Bertz CT molecular complexity index is 318. The van der Waals surface area contributed by atoms with Crippen LogP contribution in [0.1, 0.15) is 40.0 Å². The molecule has 0 aromatic heterocycles. The second-order valence-corrected chi connectivity index (χ2v) is 5.92. The minimum absolute atomic E-state index is 0.0117. The Labute approximate surface area is 105 Å². The van der Waals surface area contributed by atoms with Gasteiger partial charge in [-0.25, -0.2) is 4.79 Å². The predicted octanol–water partition coefficient (Wildman–Crippen LogP) is 2.77. The van der Waals surface area contributed by atoms with Crippen LogP contribution in [0.25, 0.3) is 0 Å². The maximum Gasteiger partial charge on any atom is 0.410 e. The molecule has 4 nitrogen and oxygen atoms in total. The second kappa shape index (κ2) is 4.64. The van der Waals surface area contributed by atoms with E-state index in [-0.39, 0.29) is 18.2 Å². The lowest BCUT2D eigenvalue weighted by molar-refractivity contribution is -0.196. The van der Waals surface area contributed by atoms with E-state index in [0.29, 0.717) is 12.8 Å². The predicted molar refractivity (Wildman–Crippen MR) is 60.4 cm³/mol. The van der Waals surface area contributed by atoms with E-state index in [2.05, 4.69) is 4.74 Å². The number of piperidine rings is 1. The third kappa shape index (κ3) is 2.91. The van der Waals surface area contributed by atoms with Crippen LogP contribution in [0.3, 0.4) is 0 Å². The number of halogens is 2. The van der Waals surface area contributed by atoms with Crippen LogP contribution in [0.5, 0.6) is 0 Å². The highest BCUT2D eigenvalue weighted by atomic mass is 19.3. The molecule has 1 saturated carbocycles. The Balaban J connectivity index is 1.87. The molecule has 1 aliphatic carbocycles. The minimum Gasteiger partial charge on any atom is -0.444 e. The maximum atomic E-state index is 12.1. The number of hydrogen-bond acceptors (Lipinski definition) is 3. The molecule has 2 bridgehead atoms. The summed E-state index contributed by atoms with van der Waals surface area (Å²) in [6.45, 7) is 2.69. The number of alkyl halides is 2. The molecular formula is C12H19F2NO3. The molecule has 3 fully saturated rings. The number of carbonyl (C=O) groups excluding carboxylic acids is 1. The van der Waals surface area contributed by atoms with Gasteiger partial charge in [0.05, 0.1) is 6.10 Å². The van der Waals surface area contributed by atoms with E-state index in [9.17, 15) is 13.6 Å². The first kappa shape index (κ1) is 13.5. The van der Waals surface area contributed by atoms with Crippen molar-refractivity contribution in [2.75, 3.05) is 0 Å². The zero-order valence-corrected chi connectivity index (χ0v) is 10.9. The second-order valence-electron chi connectivity index (χ2n) is 5.92. The van der Waals surface area contributed by atoms with Gasteiger partial charge in [-0.3, -0.25) is 0 Å². The van der Waals surface area contributed by atoms with E-state index in [1.165, 1.54) is 0 Å². The molecular weight excluding hydrogens is 244 g/mol. The van der Waals surface area contributed by atoms with Crippen LogP contribution >= 0.6 is 0 Å². The third-order valence-electron chi connectivity index (χ3n) is 3.30. The smallest absolute Gasteiger partial charge is 0.410 e. The molecule has 0 aromatic rings. The first-order chi connectivity index (χ1) is 8.26. The van der Waals surface area contributed by atoms with Gasteiger partial charge in [0, 0.05) is 12.1 Å². The molecule has 104 valence electrons. The van der Waals surface area contributed by atoms with Crippen LogP contribution in [0.15, 0.2) is 0 Å². The summed E-state index contributed by atoms with van der Waals surface area (Å²) in [5.74, 6) is 0. The van der Waals surface area contributed by atoms with E-state index in [4.69, 9.17) is 4.74 Å². The van der Waals surface area contributed by atoms with Gasteiger partial charge in [-0.2, -0.15) is 8.78 Å². The molecule has 0 aromatic carbocycles. The van der Waals surface area contributed by atoms with Crippen molar-refractivity contribution in [3.8, 4) is 0 Å². The van der Waals surface area contributed by atoms with Crippen molar-refractivity contribution in [1.29, 1.82) is 0 Å². The Kier molecular flexibility index (Phi) is 3.49. The topological polar surface area (TPSA) is 38.8 Å². The lowest BCUT2D eigenvalue weighted by Crippen LogP contribution is -2.64. The van der Waals surface area contributed by atoms with E-state index in [1.54, 1.807) is 4.90 Å². The van der Waals surface area contributed by atoms with Crippen molar-refractivity contribution in [2.24, 2.45) is 0 Å². The highest BCUT2D eigenvalue weighted by Crippen LogP contribution is 2.40. The molecule has 3 atom stereocenters. The molecule has 2 aliphatic heterocycles. The standard InChI is InChI=1S/C12H19F2NO3/c1-12(2,3)18-11(16)15-7-4-8(15)6-9(5-7)17-10(13)14/h7-10H,4-6H2,1-3H3/t7-,8?,9?/m0/s1. The quantitative estimate of drug-likeness (QED) is 0.769. The SMILES string of the molecule is CC(C)(C)OC(=O)N1C2CC(OC(F)F)C[C@@H]1C2. The van der Waals surface area contributed by atoms with Crippen molar-refractivity contribution >= 4 is 6.09 Å². The summed E-state index contributed by atoms with van der Waals surface area (Å²) in [4.78, 5) is 13.6. The largest absolute Gasteiger partial charge is 0.444 e. The fourth-order valence-electron chi connectivity index (χ4n) is 2.69. The summed E-state index contributed by atoms with van der Waals surface area (Å²) in [6.07, 6.45) is 1.02. The zero-order chi connectivity index (χ0) is 13.5. The number of fused-ring (bicyclic) bond motifs is 2. The molecule has 0 N–H and O–H groups in total. The van der Waals surface area contributed by atoms with Gasteiger partial charge in [-0.1, -0.05) is 0 Å². The highest BCUT2D eigenvalue weighted by Gasteiger charge is 2.49. The molecule has 6 heteroatoms. The van der Waals surface area contributed by atoms with E-state index in [0.717, 1.165) is 6.42 Å². The Morgan fingerprint density at radius 1 is 1.22 bits per heavy atom. The maximum absolute atomic E-state index is 12.1. The Morgan fingerprint density at radius 2 is 1.78 bits per heavy atom. The van der Waals surface area contributed by atoms with Crippen LogP contribution in [-0.4, -0.2) is 41.4 Å². The summed E-state index contributed by atoms with van der Waals surface area (Å²) in [6, 6.07) is -0.0234. The van der Waals surface area contributed by atoms with Gasteiger partial charge in [0.25, 0.3) is 0 Å². The molecule has 0 radical (unpaired) electrons.